The molecule has 23 heavy (non-hydrogen) atoms. The Balaban J connectivity index is 1.90. The maximum Gasteiger partial charge on any atom is 0.346 e. The average molecular weight is 309 g/mol. The number of aromatic amines is 1. The quantitative estimate of drug-likeness (QED) is 0.781. The predicted octanol–water partition coefficient (Wildman–Crippen LogP) is 2.83. The number of amides is 1. The number of aromatic nitrogens is 2. The monoisotopic (exact) mass is 309 g/mol. The second kappa shape index (κ2) is 6.23. The molecule has 0 spiro atoms. The lowest BCUT2D eigenvalue weighted by Crippen LogP contribution is -2.21. The van der Waals surface area contributed by atoms with Gasteiger partial charge in [0, 0.05) is 11.3 Å². The number of carbonyl (C=O) groups excluding carboxylic acids is 1. The van der Waals surface area contributed by atoms with Crippen LogP contribution in [0.5, 0.6) is 0 Å². The molecule has 0 saturated heterocycles. The topological polar surface area (TPSA) is 74.8 Å². The summed E-state index contributed by atoms with van der Waals surface area (Å²) in [6, 6.07) is 15.9. The lowest BCUT2D eigenvalue weighted by molar-refractivity contribution is 0.102. The van der Waals surface area contributed by atoms with Gasteiger partial charge in [-0.25, -0.2) is 9.18 Å². The van der Waals surface area contributed by atoms with Crippen LogP contribution in [0, 0.1) is 5.82 Å². The normalized spacial score (nSPS) is 10.3. The molecule has 0 fully saturated rings. The highest BCUT2D eigenvalue weighted by Gasteiger charge is 2.11. The van der Waals surface area contributed by atoms with Gasteiger partial charge in [-0.1, -0.05) is 30.3 Å². The van der Waals surface area contributed by atoms with E-state index in [9.17, 15) is 14.0 Å². The Labute approximate surface area is 130 Å². The smallest absolute Gasteiger partial charge is 0.321 e. The third kappa shape index (κ3) is 3.49. The molecule has 2 N–H and O–H groups in total. The van der Waals surface area contributed by atoms with Gasteiger partial charge in [-0.3, -0.25) is 4.79 Å². The highest BCUT2D eigenvalue weighted by atomic mass is 19.1. The first-order valence-electron chi connectivity index (χ1n) is 6.85. The molecular formula is C17H12FN3O2. The van der Waals surface area contributed by atoms with Crippen LogP contribution in [0.25, 0.3) is 11.3 Å². The number of benzene rings is 2. The number of nitrogens with one attached hydrogen (secondary N) is 2. The lowest BCUT2D eigenvalue weighted by atomic mass is 10.1. The van der Waals surface area contributed by atoms with Gasteiger partial charge in [0.25, 0.3) is 5.91 Å². The zero-order valence-electron chi connectivity index (χ0n) is 11.9. The van der Waals surface area contributed by atoms with Gasteiger partial charge in [0.2, 0.25) is 0 Å². The Morgan fingerprint density at radius 3 is 2.43 bits per heavy atom. The summed E-state index contributed by atoms with van der Waals surface area (Å²) < 4.78 is 12.9. The van der Waals surface area contributed by atoms with Gasteiger partial charge in [-0.15, -0.1) is 0 Å². The van der Waals surface area contributed by atoms with Gasteiger partial charge < -0.3 is 10.3 Å². The van der Waals surface area contributed by atoms with Gasteiger partial charge in [0.1, 0.15) is 11.5 Å². The van der Waals surface area contributed by atoms with Crippen LogP contribution in [0.1, 0.15) is 10.5 Å². The summed E-state index contributed by atoms with van der Waals surface area (Å²) in [4.78, 5) is 30.2. The molecule has 1 aromatic heterocycles. The fourth-order valence-corrected chi connectivity index (χ4v) is 2.07. The van der Waals surface area contributed by atoms with E-state index in [1.807, 2.05) is 18.2 Å². The van der Waals surface area contributed by atoms with E-state index in [-0.39, 0.29) is 5.69 Å². The summed E-state index contributed by atoms with van der Waals surface area (Å²) in [5.41, 5.74) is 1.02. The largest absolute Gasteiger partial charge is 0.346 e. The van der Waals surface area contributed by atoms with Crippen molar-refractivity contribution >= 4 is 11.6 Å². The van der Waals surface area contributed by atoms with Crippen molar-refractivity contribution in [2.45, 2.75) is 0 Å². The predicted molar refractivity (Wildman–Crippen MR) is 84.6 cm³/mol. The van der Waals surface area contributed by atoms with Crippen LogP contribution in [0.15, 0.2) is 65.5 Å². The molecule has 0 radical (unpaired) electrons. The molecule has 2 aromatic carbocycles. The molecule has 1 amide bonds. The molecule has 0 aliphatic rings. The zero-order valence-corrected chi connectivity index (χ0v) is 11.9. The fourth-order valence-electron chi connectivity index (χ4n) is 2.07. The van der Waals surface area contributed by atoms with Crippen LogP contribution in [-0.2, 0) is 0 Å². The number of halogens is 1. The molecular weight excluding hydrogens is 297 g/mol. The molecule has 3 aromatic rings. The molecule has 114 valence electrons. The molecule has 5 nitrogen and oxygen atoms in total. The van der Waals surface area contributed by atoms with E-state index >= 15 is 0 Å². The van der Waals surface area contributed by atoms with E-state index in [1.165, 1.54) is 30.3 Å². The van der Waals surface area contributed by atoms with Crippen LogP contribution in [0.3, 0.4) is 0 Å². The first-order chi connectivity index (χ1) is 11.1. The minimum Gasteiger partial charge on any atom is -0.321 e. The second-order valence-electron chi connectivity index (χ2n) is 4.81. The van der Waals surface area contributed by atoms with Crippen LogP contribution < -0.4 is 11.0 Å². The standard InChI is InChI=1S/C17H12FN3O2/c18-12-6-8-13(9-7-12)19-16(22)15-10-14(20-17(23)21-15)11-4-2-1-3-5-11/h1-10H,(H,19,22)(H,20,21,23). The van der Waals surface area contributed by atoms with Gasteiger partial charge in [0.15, 0.2) is 0 Å². The molecule has 1 heterocycles. The van der Waals surface area contributed by atoms with Crippen LogP contribution in [0.2, 0.25) is 0 Å². The van der Waals surface area contributed by atoms with Gasteiger partial charge in [-0.2, -0.15) is 4.98 Å². The number of anilines is 1. The molecule has 0 unspecified atom stereocenters. The summed E-state index contributed by atoms with van der Waals surface area (Å²) in [5, 5.41) is 2.59. The van der Waals surface area contributed by atoms with Crippen molar-refractivity contribution in [1.29, 1.82) is 0 Å². The van der Waals surface area contributed by atoms with Crippen molar-refractivity contribution in [3.63, 3.8) is 0 Å². The minimum atomic E-state index is -0.615. The van der Waals surface area contributed by atoms with Crippen LogP contribution in [-0.4, -0.2) is 15.9 Å². The number of hydrogen-bond donors (Lipinski definition) is 2. The van der Waals surface area contributed by atoms with Gasteiger partial charge in [0.05, 0.1) is 5.69 Å². The van der Waals surface area contributed by atoms with E-state index in [0.29, 0.717) is 11.4 Å². The summed E-state index contributed by atoms with van der Waals surface area (Å²) in [5.74, 6) is -0.903. The number of nitrogens with zero attached hydrogens (tertiary/aromatic N) is 1. The molecule has 0 aliphatic heterocycles. The first kappa shape index (κ1) is 14.6. The third-order valence-corrected chi connectivity index (χ3v) is 3.16. The lowest BCUT2D eigenvalue weighted by Gasteiger charge is -2.06. The Bertz CT molecular complexity index is 890. The van der Waals surface area contributed by atoms with E-state index in [4.69, 9.17) is 0 Å². The Kier molecular flexibility index (Phi) is 3.97. The minimum absolute atomic E-state index is 0.0770. The second-order valence-corrected chi connectivity index (χ2v) is 4.81. The van der Waals surface area contributed by atoms with Crippen molar-refractivity contribution < 1.29 is 9.18 Å². The summed E-state index contributed by atoms with van der Waals surface area (Å²) in [6.45, 7) is 0. The summed E-state index contributed by atoms with van der Waals surface area (Å²) in [7, 11) is 0. The van der Waals surface area contributed by atoms with E-state index in [1.54, 1.807) is 12.1 Å². The highest BCUT2D eigenvalue weighted by molar-refractivity contribution is 6.03. The Morgan fingerprint density at radius 1 is 1.04 bits per heavy atom. The van der Waals surface area contributed by atoms with Crippen LogP contribution in [0.4, 0.5) is 10.1 Å². The maximum atomic E-state index is 12.9. The Morgan fingerprint density at radius 2 is 1.74 bits per heavy atom. The molecule has 0 bridgehead atoms. The van der Waals surface area contributed by atoms with Crippen molar-refractivity contribution in [3.05, 3.63) is 82.7 Å². The van der Waals surface area contributed by atoms with E-state index in [0.717, 1.165) is 5.56 Å². The highest BCUT2D eigenvalue weighted by Crippen LogP contribution is 2.16. The molecule has 0 atom stereocenters. The number of carbonyl (C=O) groups is 1. The van der Waals surface area contributed by atoms with Crippen molar-refractivity contribution in [1.82, 2.24) is 9.97 Å². The van der Waals surface area contributed by atoms with Crippen molar-refractivity contribution in [2.24, 2.45) is 0 Å². The fraction of sp³-hybridized carbons (Fsp3) is 0. The first-order valence-corrected chi connectivity index (χ1v) is 6.85. The number of rotatable bonds is 3. The van der Waals surface area contributed by atoms with E-state index in [2.05, 4.69) is 15.3 Å². The molecule has 3 rings (SSSR count). The van der Waals surface area contributed by atoms with Crippen molar-refractivity contribution in [2.75, 3.05) is 5.32 Å². The maximum absolute atomic E-state index is 12.9. The number of hydrogen-bond acceptors (Lipinski definition) is 3. The molecule has 0 aliphatic carbocycles. The van der Waals surface area contributed by atoms with Crippen LogP contribution >= 0.6 is 0 Å². The van der Waals surface area contributed by atoms with E-state index < -0.39 is 17.4 Å². The number of H-pyrrole nitrogens is 1. The summed E-state index contributed by atoms with van der Waals surface area (Å²) >= 11 is 0. The third-order valence-electron chi connectivity index (χ3n) is 3.16. The SMILES string of the molecule is O=C(Nc1ccc(F)cc1)c1cc(-c2ccccc2)nc(=O)[nH]1. The van der Waals surface area contributed by atoms with Crippen molar-refractivity contribution in [3.8, 4) is 11.3 Å². The average Bonchev–Trinajstić information content (AvgIpc) is 2.57. The summed E-state index contributed by atoms with van der Waals surface area (Å²) in [6.07, 6.45) is 0. The van der Waals surface area contributed by atoms with Gasteiger partial charge >= 0.3 is 5.69 Å². The Hall–Kier alpha value is -3.28. The van der Waals surface area contributed by atoms with Gasteiger partial charge in [-0.05, 0) is 30.3 Å². The zero-order chi connectivity index (χ0) is 16.2. The molecule has 0 saturated carbocycles. The molecule has 6 heteroatoms.